The summed E-state index contributed by atoms with van der Waals surface area (Å²) in [5.41, 5.74) is 8.79. The molecule has 1 heterocycles. The van der Waals surface area contributed by atoms with E-state index >= 15 is 0 Å². The Hall–Kier alpha value is -3.90. The lowest BCUT2D eigenvalue weighted by Gasteiger charge is -2.12. The number of hydrogen-bond donors (Lipinski definition) is 2. The summed E-state index contributed by atoms with van der Waals surface area (Å²) in [6, 6.07) is 22.4. The molecule has 0 radical (unpaired) electrons. The lowest BCUT2D eigenvalue weighted by atomic mass is 10.0. The Balaban J connectivity index is 1.65. The van der Waals surface area contributed by atoms with E-state index in [-0.39, 0.29) is 5.56 Å². The molecule has 3 aromatic carbocycles. The largest absolute Gasteiger partial charge is 0.496 e. The van der Waals surface area contributed by atoms with Gasteiger partial charge in [-0.2, -0.15) is 0 Å². The summed E-state index contributed by atoms with van der Waals surface area (Å²) in [7, 11) is 1.59. The lowest BCUT2D eigenvalue weighted by Crippen LogP contribution is -2.21. The minimum atomic E-state index is -0.692. The van der Waals surface area contributed by atoms with Crippen molar-refractivity contribution in [3.8, 4) is 5.75 Å². The minimum absolute atomic E-state index is 0.0559. The molecular weight excluding hydrogens is 404 g/mol. The van der Waals surface area contributed by atoms with Crippen molar-refractivity contribution in [3.05, 3.63) is 105 Å². The van der Waals surface area contributed by atoms with Crippen molar-refractivity contribution in [2.45, 2.75) is 19.4 Å². The second-order valence-electron chi connectivity index (χ2n) is 7.45. The monoisotopic (exact) mass is 428 g/mol. The van der Waals surface area contributed by atoms with E-state index < -0.39 is 11.5 Å². The number of carbonyl (C=O) groups is 1. The van der Waals surface area contributed by atoms with E-state index in [1.54, 1.807) is 31.4 Å². The zero-order valence-electron chi connectivity index (χ0n) is 17.8. The van der Waals surface area contributed by atoms with Gasteiger partial charge in [-0.3, -0.25) is 4.79 Å². The summed E-state index contributed by atoms with van der Waals surface area (Å²) in [4.78, 5) is 25.4. The van der Waals surface area contributed by atoms with Gasteiger partial charge in [0.05, 0.1) is 7.11 Å². The van der Waals surface area contributed by atoms with Crippen molar-refractivity contribution in [1.29, 1.82) is 0 Å². The van der Waals surface area contributed by atoms with Crippen LogP contribution in [-0.2, 0) is 19.4 Å². The van der Waals surface area contributed by atoms with E-state index in [0.717, 1.165) is 17.5 Å². The first-order valence-electron chi connectivity index (χ1n) is 10.4. The van der Waals surface area contributed by atoms with Crippen LogP contribution >= 0.6 is 0 Å². The van der Waals surface area contributed by atoms with Gasteiger partial charge >= 0.3 is 5.63 Å². The van der Waals surface area contributed by atoms with Crippen LogP contribution in [0.4, 0.5) is 5.69 Å². The molecule has 0 saturated heterocycles. The number of ether oxygens (including phenoxy) is 1. The molecule has 0 saturated carbocycles. The summed E-state index contributed by atoms with van der Waals surface area (Å²) in [6.07, 6.45) is 1.40. The fourth-order valence-corrected chi connectivity index (χ4v) is 3.65. The molecule has 3 N–H and O–H groups in total. The molecule has 4 aromatic rings. The summed E-state index contributed by atoms with van der Waals surface area (Å²) < 4.78 is 11.1. The van der Waals surface area contributed by atoms with E-state index in [1.165, 1.54) is 5.56 Å². The molecular formula is C26H24N2O4. The number of hydrogen-bond acceptors (Lipinski definition) is 5. The van der Waals surface area contributed by atoms with Crippen molar-refractivity contribution in [3.63, 3.8) is 0 Å². The predicted molar refractivity (Wildman–Crippen MR) is 125 cm³/mol. The molecule has 4 rings (SSSR count). The molecule has 0 fully saturated rings. The zero-order chi connectivity index (χ0) is 22.5. The van der Waals surface area contributed by atoms with E-state index in [9.17, 15) is 9.59 Å². The van der Waals surface area contributed by atoms with E-state index in [0.29, 0.717) is 35.4 Å². The van der Waals surface area contributed by atoms with Crippen LogP contribution in [0.5, 0.6) is 5.75 Å². The van der Waals surface area contributed by atoms with Gasteiger partial charge in [-0.05, 0) is 54.3 Å². The first kappa shape index (κ1) is 21.3. The highest BCUT2D eigenvalue weighted by atomic mass is 16.5. The van der Waals surface area contributed by atoms with Gasteiger partial charge in [0.15, 0.2) is 0 Å². The Morgan fingerprint density at radius 3 is 2.41 bits per heavy atom. The Bertz CT molecular complexity index is 1300. The second kappa shape index (κ2) is 9.49. The molecule has 6 heteroatoms. The van der Waals surface area contributed by atoms with Crippen LogP contribution in [0.3, 0.4) is 0 Å². The molecule has 0 aliphatic heterocycles. The maximum atomic E-state index is 12.7. The summed E-state index contributed by atoms with van der Waals surface area (Å²) in [6.45, 7) is 0.415. The molecule has 0 aliphatic rings. The predicted octanol–water partition coefficient (Wildman–Crippen LogP) is 4.30. The number of nitrogens with one attached hydrogen (secondary N) is 1. The molecule has 1 amide bonds. The van der Waals surface area contributed by atoms with Crippen LogP contribution in [0.1, 0.15) is 27.0 Å². The fourth-order valence-electron chi connectivity index (χ4n) is 3.65. The van der Waals surface area contributed by atoms with Crippen LogP contribution in [0.15, 0.2) is 82.0 Å². The third-order valence-electron chi connectivity index (χ3n) is 5.38. The van der Waals surface area contributed by atoms with E-state index in [4.69, 9.17) is 14.9 Å². The summed E-state index contributed by atoms with van der Waals surface area (Å²) in [5.74, 6) is 0.122. The van der Waals surface area contributed by atoms with Gasteiger partial charge in [0, 0.05) is 23.2 Å². The number of benzene rings is 3. The highest BCUT2D eigenvalue weighted by Gasteiger charge is 2.18. The highest BCUT2D eigenvalue weighted by Crippen LogP contribution is 2.29. The molecule has 0 bridgehead atoms. The van der Waals surface area contributed by atoms with Gasteiger partial charge < -0.3 is 20.2 Å². The average molecular weight is 428 g/mol. The number of fused-ring (bicyclic) bond motifs is 1. The SMILES string of the molecule is COc1ccc2cc(C(=O)Nc3ccc(CN)cc3)c(=O)oc2c1CCc1ccccc1. The number of anilines is 1. The maximum Gasteiger partial charge on any atom is 0.349 e. The fraction of sp³-hybridized carbons (Fsp3) is 0.154. The van der Waals surface area contributed by atoms with Crippen molar-refractivity contribution in [1.82, 2.24) is 0 Å². The van der Waals surface area contributed by atoms with Gasteiger partial charge in [0.1, 0.15) is 16.9 Å². The maximum absolute atomic E-state index is 12.7. The zero-order valence-corrected chi connectivity index (χ0v) is 17.8. The quantitative estimate of drug-likeness (QED) is 0.428. The van der Waals surface area contributed by atoms with Crippen molar-refractivity contribution in [2.75, 3.05) is 12.4 Å². The number of rotatable bonds is 7. The number of methoxy groups -OCH3 is 1. The molecule has 32 heavy (non-hydrogen) atoms. The lowest BCUT2D eigenvalue weighted by molar-refractivity contribution is 0.102. The molecule has 162 valence electrons. The van der Waals surface area contributed by atoms with Gasteiger partial charge in [-0.15, -0.1) is 0 Å². The minimum Gasteiger partial charge on any atom is -0.496 e. The Morgan fingerprint density at radius 1 is 0.969 bits per heavy atom. The van der Waals surface area contributed by atoms with Gasteiger partial charge in [0.2, 0.25) is 0 Å². The van der Waals surface area contributed by atoms with Crippen molar-refractivity contribution in [2.24, 2.45) is 5.73 Å². The topological polar surface area (TPSA) is 94.6 Å². The average Bonchev–Trinajstić information content (AvgIpc) is 2.83. The summed E-state index contributed by atoms with van der Waals surface area (Å²) in [5, 5.41) is 3.40. The third-order valence-corrected chi connectivity index (χ3v) is 5.38. The Labute approximate surface area is 185 Å². The van der Waals surface area contributed by atoms with Gasteiger partial charge in [-0.1, -0.05) is 42.5 Å². The molecule has 1 aromatic heterocycles. The molecule has 0 unspecified atom stereocenters. The normalized spacial score (nSPS) is 10.8. The van der Waals surface area contributed by atoms with Crippen LogP contribution in [0.25, 0.3) is 11.0 Å². The first-order valence-corrected chi connectivity index (χ1v) is 10.4. The highest BCUT2D eigenvalue weighted by molar-refractivity contribution is 6.05. The Morgan fingerprint density at radius 2 is 1.72 bits per heavy atom. The molecule has 0 atom stereocenters. The smallest absolute Gasteiger partial charge is 0.349 e. The third kappa shape index (κ3) is 4.55. The number of carbonyl (C=O) groups excluding carboxylic acids is 1. The standard InChI is InChI=1S/C26H24N2O4/c1-31-23-14-10-19-15-22(25(29)28-20-11-7-18(16-27)8-12-20)26(30)32-24(19)21(23)13-9-17-5-3-2-4-6-17/h2-8,10-12,14-15H,9,13,16,27H2,1H3,(H,28,29). The van der Waals surface area contributed by atoms with Crippen LogP contribution in [0, 0.1) is 0 Å². The molecule has 6 nitrogen and oxygen atoms in total. The van der Waals surface area contributed by atoms with Crippen LogP contribution in [-0.4, -0.2) is 13.0 Å². The number of nitrogens with two attached hydrogens (primary N) is 1. The van der Waals surface area contributed by atoms with Crippen LogP contribution in [0.2, 0.25) is 0 Å². The van der Waals surface area contributed by atoms with E-state index in [2.05, 4.69) is 17.4 Å². The number of aryl methyl sites for hydroxylation is 2. The van der Waals surface area contributed by atoms with Crippen molar-refractivity contribution >= 4 is 22.6 Å². The van der Waals surface area contributed by atoms with E-state index in [1.807, 2.05) is 36.4 Å². The number of amides is 1. The molecule has 0 aliphatic carbocycles. The van der Waals surface area contributed by atoms with Gasteiger partial charge in [0.25, 0.3) is 5.91 Å². The van der Waals surface area contributed by atoms with Crippen LogP contribution < -0.4 is 21.4 Å². The Kier molecular flexibility index (Phi) is 6.33. The first-order chi connectivity index (χ1) is 15.6. The van der Waals surface area contributed by atoms with Crippen molar-refractivity contribution < 1.29 is 13.9 Å². The summed E-state index contributed by atoms with van der Waals surface area (Å²) >= 11 is 0. The molecule has 0 spiro atoms. The van der Waals surface area contributed by atoms with Gasteiger partial charge in [-0.25, -0.2) is 4.79 Å². The second-order valence-corrected chi connectivity index (χ2v) is 7.45.